The lowest BCUT2D eigenvalue weighted by Gasteiger charge is -2.29. The summed E-state index contributed by atoms with van der Waals surface area (Å²) < 4.78 is 48.6. The van der Waals surface area contributed by atoms with E-state index in [-0.39, 0.29) is 29.2 Å². The second kappa shape index (κ2) is 11.8. The first-order valence-corrected chi connectivity index (χ1v) is 12.4. The smallest absolute Gasteiger partial charge is 0.339 e. The summed E-state index contributed by atoms with van der Waals surface area (Å²) in [5.74, 6) is -0.528. The SMILES string of the molecule is CC[C@H](C)N(Cc1ccc(OS(=O)(=O)c2ccc(F)cc2)cc1)C(=O)COCc1ccccc1. The van der Waals surface area contributed by atoms with E-state index >= 15 is 0 Å². The molecule has 6 nitrogen and oxygen atoms in total. The largest absolute Gasteiger partial charge is 0.379 e. The Morgan fingerprint density at radius 3 is 2.21 bits per heavy atom. The minimum Gasteiger partial charge on any atom is -0.379 e. The maximum atomic E-state index is 13.1. The highest BCUT2D eigenvalue weighted by molar-refractivity contribution is 7.87. The normalized spacial score (nSPS) is 12.2. The first-order chi connectivity index (χ1) is 16.3. The van der Waals surface area contributed by atoms with Crippen molar-refractivity contribution in [3.63, 3.8) is 0 Å². The van der Waals surface area contributed by atoms with E-state index in [1.165, 1.54) is 12.1 Å². The van der Waals surface area contributed by atoms with Gasteiger partial charge in [0.15, 0.2) is 0 Å². The Morgan fingerprint density at radius 1 is 0.941 bits per heavy atom. The lowest BCUT2D eigenvalue weighted by atomic mass is 10.1. The third-order valence-electron chi connectivity index (χ3n) is 5.36. The third-order valence-corrected chi connectivity index (χ3v) is 6.63. The highest BCUT2D eigenvalue weighted by atomic mass is 32.2. The summed E-state index contributed by atoms with van der Waals surface area (Å²) in [6, 6.07) is 20.5. The number of nitrogens with zero attached hydrogens (tertiary/aromatic N) is 1. The fourth-order valence-electron chi connectivity index (χ4n) is 3.25. The van der Waals surface area contributed by atoms with E-state index in [0.29, 0.717) is 13.2 Å². The summed E-state index contributed by atoms with van der Waals surface area (Å²) in [7, 11) is -4.08. The quantitative estimate of drug-likeness (QED) is 0.360. The number of halogens is 1. The molecule has 8 heteroatoms. The Hall–Kier alpha value is -3.23. The molecule has 0 radical (unpaired) electrons. The fourth-order valence-corrected chi connectivity index (χ4v) is 4.18. The summed E-state index contributed by atoms with van der Waals surface area (Å²) in [6.45, 7) is 4.66. The molecule has 0 saturated heterocycles. The predicted molar refractivity (Wildman–Crippen MR) is 127 cm³/mol. The van der Waals surface area contributed by atoms with E-state index in [1.54, 1.807) is 17.0 Å². The maximum Gasteiger partial charge on any atom is 0.339 e. The highest BCUT2D eigenvalue weighted by Gasteiger charge is 2.20. The fraction of sp³-hybridized carbons (Fsp3) is 0.269. The Morgan fingerprint density at radius 2 is 1.59 bits per heavy atom. The zero-order valence-electron chi connectivity index (χ0n) is 19.2. The molecule has 0 aliphatic rings. The van der Waals surface area contributed by atoms with Crippen LogP contribution >= 0.6 is 0 Å². The van der Waals surface area contributed by atoms with Gasteiger partial charge in [-0.1, -0.05) is 49.4 Å². The second-order valence-electron chi connectivity index (χ2n) is 7.89. The van der Waals surface area contributed by atoms with E-state index in [2.05, 4.69) is 0 Å². The number of carbonyl (C=O) groups is 1. The summed E-state index contributed by atoms with van der Waals surface area (Å²) in [5, 5.41) is 0. The van der Waals surface area contributed by atoms with E-state index in [0.717, 1.165) is 41.8 Å². The second-order valence-corrected chi connectivity index (χ2v) is 9.44. The van der Waals surface area contributed by atoms with Gasteiger partial charge in [0.25, 0.3) is 0 Å². The molecule has 0 N–H and O–H groups in total. The van der Waals surface area contributed by atoms with Gasteiger partial charge in [-0.15, -0.1) is 0 Å². The van der Waals surface area contributed by atoms with Crippen LogP contribution in [-0.2, 0) is 32.8 Å². The number of hydrogen-bond acceptors (Lipinski definition) is 5. The monoisotopic (exact) mass is 485 g/mol. The maximum absolute atomic E-state index is 13.1. The minimum absolute atomic E-state index is 0.00241. The Labute approximate surface area is 200 Å². The molecule has 1 amide bonds. The highest BCUT2D eigenvalue weighted by Crippen LogP contribution is 2.21. The van der Waals surface area contributed by atoms with Crippen LogP contribution in [0.4, 0.5) is 4.39 Å². The van der Waals surface area contributed by atoms with Crippen LogP contribution in [-0.4, -0.2) is 31.9 Å². The molecule has 180 valence electrons. The van der Waals surface area contributed by atoms with Crippen molar-refractivity contribution in [1.82, 2.24) is 4.90 Å². The van der Waals surface area contributed by atoms with Crippen molar-refractivity contribution in [2.24, 2.45) is 0 Å². The van der Waals surface area contributed by atoms with E-state index in [9.17, 15) is 17.6 Å². The first kappa shape index (κ1) is 25.4. The van der Waals surface area contributed by atoms with Gasteiger partial charge in [-0.3, -0.25) is 4.79 Å². The molecule has 0 saturated carbocycles. The molecule has 0 unspecified atom stereocenters. The molecule has 0 spiro atoms. The molecular weight excluding hydrogens is 457 g/mol. The summed E-state index contributed by atoms with van der Waals surface area (Å²) in [6.07, 6.45) is 0.779. The Kier molecular flexibility index (Phi) is 8.79. The molecule has 3 rings (SSSR count). The molecule has 0 aliphatic heterocycles. The molecule has 0 fully saturated rings. The van der Waals surface area contributed by atoms with Crippen molar-refractivity contribution in [2.75, 3.05) is 6.61 Å². The van der Waals surface area contributed by atoms with Gasteiger partial charge in [0, 0.05) is 12.6 Å². The average molecular weight is 486 g/mol. The standard InChI is InChI=1S/C26H28FNO5S/c1-3-20(2)28(26(29)19-32-18-22-7-5-4-6-8-22)17-21-9-13-24(14-10-21)33-34(30,31)25-15-11-23(27)12-16-25/h4-16,20H,3,17-19H2,1-2H3/t20-/m0/s1. The van der Waals surface area contributed by atoms with Crippen LogP contribution in [0.2, 0.25) is 0 Å². The van der Waals surface area contributed by atoms with E-state index < -0.39 is 15.9 Å². The number of benzene rings is 3. The molecular formula is C26H28FNO5S. The minimum atomic E-state index is -4.08. The molecule has 34 heavy (non-hydrogen) atoms. The number of hydrogen-bond donors (Lipinski definition) is 0. The van der Waals surface area contributed by atoms with Crippen molar-refractivity contribution in [1.29, 1.82) is 0 Å². The van der Waals surface area contributed by atoms with E-state index in [4.69, 9.17) is 8.92 Å². The molecule has 0 aromatic heterocycles. The van der Waals surface area contributed by atoms with Crippen LogP contribution in [0.1, 0.15) is 31.4 Å². The zero-order chi connectivity index (χ0) is 24.6. The van der Waals surface area contributed by atoms with Gasteiger partial charge < -0.3 is 13.8 Å². The van der Waals surface area contributed by atoms with Crippen LogP contribution in [0.25, 0.3) is 0 Å². The van der Waals surface area contributed by atoms with Gasteiger partial charge in [0.1, 0.15) is 23.1 Å². The van der Waals surface area contributed by atoms with Crippen LogP contribution in [0.15, 0.2) is 83.8 Å². The van der Waals surface area contributed by atoms with Gasteiger partial charge in [0.05, 0.1) is 6.61 Å². The van der Waals surface area contributed by atoms with Gasteiger partial charge in [-0.25, -0.2) is 4.39 Å². The summed E-state index contributed by atoms with van der Waals surface area (Å²) in [4.78, 5) is 14.5. The van der Waals surface area contributed by atoms with Crippen LogP contribution in [0.5, 0.6) is 5.75 Å². The predicted octanol–water partition coefficient (Wildman–Crippen LogP) is 4.94. The van der Waals surface area contributed by atoms with E-state index in [1.807, 2.05) is 44.2 Å². The average Bonchev–Trinajstić information content (AvgIpc) is 2.83. The van der Waals surface area contributed by atoms with Crippen LogP contribution in [0, 0.1) is 5.82 Å². The van der Waals surface area contributed by atoms with Gasteiger partial charge >= 0.3 is 10.1 Å². The van der Waals surface area contributed by atoms with Crippen molar-refractivity contribution >= 4 is 16.0 Å². The van der Waals surface area contributed by atoms with Gasteiger partial charge in [-0.2, -0.15) is 8.42 Å². The van der Waals surface area contributed by atoms with Crippen LogP contribution < -0.4 is 4.18 Å². The van der Waals surface area contributed by atoms with Gasteiger partial charge in [-0.05, 0) is 60.9 Å². The molecule has 1 atom stereocenters. The lowest BCUT2D eigenvalue weighted by molar-refractivity contribution is -0.139. The first-order valence-electron chi connectivity index (χ1n) is 11.0. The summed E-state index contributed by atoms with van der Waals surface area (Å²) >= 11 is 0. The Balaban J connectivity index is 1.62. The molecule has 3 aromatic rings. The molecule has 0 heterocycles. The third kappa shape index (κ3) is 7.13. The number of carbonyl (C=O) groups excluding carboxylic acids is 1. The number of ether oxygens (including phenoxy) is 1. The van der Waals surface area contributed by atoms with Crippen molar-refractivity contribution < 1.29 is 26.5 Å². The van der Waals surface area contributed by atoms with Gasteiger partial charge in [0.2, 0.25) is 5.91 Å². The molecule has 0 bridgehead atoms. The molecule has 0 aliphatic carbocycles. The summed E-state index contributed by atoms with van der Waals surface area (Å²) in [5.41, 5.74) is 1.82. The Bertz CT molecular complexity index is 1170. The van der Waals surface area contributed by atoms with Crippen molar-refractivity contribution in [2.45, 2.75) is 44.4 Å². The zero-order valence-corrected chi connectivity index (χ0v) is 20.0. The topological polar surface area (TPSA) is 72.9 Å². The number of rotatable bonds is 11. The lowest BCUT2D eigenvalue weighted by Crippen LogP contribution is -2.40. The van der Waals surface area contributed by atoms with Crippen molar-refractivity contribution in [3.8, 4) is 5.75 Å². The van der Waals surface area contributed by atoms with Crippen molar-refractivity contribution in [3.05, 3.63) is 95.8 Å². The number of amides is 1. The molecule has 3 aromatic carbocycles. The van der Waals surface area contributed by atoms with Crippen LogP contribution in [0.3, 0.4) is 0 Å².